The van der Waals surface area contributed by atoms with E-state index in [9.17, 15) is 14.4 Å². The number of esters is 3. The Morgan fingerprint density at radius 2 is 0.577 bits per heavy atom. The average molecular weight is 990 g/mol. The van der Waals surface area contributed by atoms with Crippen molar-refractivity contribution in [2.45, 2.75) is 297 Å². The second kappa shape index (κ2) is 59.2. The van der Waals surface area contributed by atoms with E-state index in [-0.39, 0.29) is 31.1 Å². The highest BCUT2D eigenvalue weighted by Gasteiger charge is 2.19. The molecular formula is C65H112O6. The van der Waals surface area contributed by atoms with Gasteiger partial charge in [-0.15, -0.1) is 0 Å². The first kappa shape index (κ1) is 67.6. The normalized spacial score (nSPS) is 12.7. The molecule has 0 aromatic heterocycles. The molecule has 0 heterocycles. The molecule has 1 unspecified atom stereocenters. The van der Waals surface area contributed by atoms with Crippen LogP contribution in [-0.2, 0) is 28.6 Å². The molecule has 71 heavy (non-hydrogen) atoms. The van der Waals surface area contributed by atoms with Gasteiger partial charge >= 0.3 is 17.9 Å². The van der Waals surface area contributed by atoms with Gasteiger partial charge in [0.1, 0.15) is 13.2 Å². The molecule has 0 aliphatic heterocycles. The Balaban J connectivity index is 4.34. The lowest BCUT2D eigenvalue weighted by atomic mass is 10.0. The molecule has 0 aliphatic rings. The first-order chi connectivity index (χ1) is 35.0. The van der Waals surface area contributed by atoms with Crippen LogP contribution in [0, 0.1) is 0 Å². The third kappa shape index (κ3) is 57.4. The van der Waals surface area contributed by atoms with Crippen molar-refractivity contribution < 1.29 is 28.6 Å². The minimum Gasteiger partial charge on any atom is -0.462 e. The third-order valence-corrected chi connectivity index (χ3v) is 12.8. The molecule has 0 spiro atoms. The molecule has 0 radical (unpaired) electrons. The molecule has 0 aromatic rings. The van der Waals surface area contributed by atoms with Crippen molar-refractivity contribution in [2.24, 2.45) is 0 Å². The van der Waals surface area contributed by atoms with Gasteiger partial charge in [-0.05, 0) is 109 Å². The lowest BCUT2D eigenvalue weighted by Crippen LogP contribution is -2.30. The number of ether oxygens (including phenoxy) is 3. The Kier molecular flexibility index (Phi) is 56.3. The van der Waals surface area contributed by atoms with Gasteiger partial charge in [0.15, 0.2) is 6.10 Å². The summed E-state index contributed by atoms with van der Waals surface area (Å²) in [4.78, 5) is 38.2. The van der Waals surface area contributed by atoms with E-state index < -0.39 is 6.10 Å². The van der Waals surface area contributed by atoms with Gasteiger partial charge in [0.05, 0.1) is 0 Å². The van der Waals surface area contributed by atoms with Crippen LogP contribution in [0.5, 0.6) is 0 Å². The quantitative estimate of drug-likeness (QED) is 0.0261. The molecule has 6 heteroatoms. The summed E-state index contributed by atoms with van der Waals surface area (Å²) in [5.41, 5.74) is 0. The minimum atomic E-state index is -0.789. The van der Waals surface area contributed by atoms with Gasteiger partial charge < -0.3 is 14.2 Å². The van der Waals surface area contributed by atoms with Crippen LogP contribution in [0.15, 0.2) is 85.1 Å². The summed E-state index contributed by atoms with van der Waals surface area (Å²) in [5, 5.41) is 0. The summed E-state index contributed by atoms with van der Waals surface area (Å²) >= 11 is 0. The van der Waals surface area contributed by atoms with Crippen LogP contribution in [0.4, 0.5) is 0 Å². The van der Waals surface area contributed by atoms with Gasteiger partial charge in [0.25, 0.3) is 0 Å². The van der Waals surface area contributed by atoms with Crippen molar-refractivity contribution >= 4 is 17.9 Å². The molecule has 408 valence electrons. The standard InChI is InChI=1S/C65H112O6/c1-4-7-10-13-16-19-22-25-27-29-30-31-32-33-34-36-37-40-43-46-49-52-55-58-64(67)70-61-62(60-69-63(66)57-54-51-48-45-42-39-24-21-18-15-12-9-6-3)71-65(68)59-56-53-50-47-44-41-38-35-28-26-23-20-17-14-11-8-5-2/h8,11-12,15,17,20-22,24-26,28-30,62H,4-7,9-10,13-14,16,18-19,23,27,31-61H2,1-3H3/b11-8-,15-12-,20-17-,24-21-,25-22-,28-26-,30-29-. The van der Waals surface area contributed by atoms with Crippen molar-refractivity contribution in [3.63, 3.8) is 0 Å². The highest BCUT2D eigenvalue weighted by atomic mass is 16.6. The van der Waals surface area contributed by atoms with E-state index in [1.807, 2.05) is 0 Å². The lowest BCUT2D eigenvalue weighted by Gasteiger charge is -2.18. The van der Waals surface area contributed by atoms with Crippen LogP contribution >= 0.6 is 0 Å². The molecule has 0 saturated carbocycles. The van der Waals surface area contributed by atoms with Gasteiger partial charge in [-0.2, -0.15) is 0 Å². The number of carbonyl (C=O) groups is 3. The zero-order chi connectivity index (χ0) is 51.4. The number of carbonyl (C=O) groups excluding carboxylic acids is 3. The first-order valence-electron chi connectivity index (χ1n) is 30.1. The van der Waals surface area contributed by atoms with Crippen molar-refractivity contribution in [2.75, 3.05) is 13.2 Å². The molecule has 0 amide bonds. The van der Waals surface area contributed by atoms with Gasteiger partial charge in [0.2, 0.25) is 0 Å². The van der Waals surface area contributed by atoms with Crippen LogP contribution < -0.4 is 0 Å². The largest absolute Gasteiger partial charge is 0.462 e. The van der Waals surface area contributed by atoms with Gasteiger partial charge in [-0.3, -0.25) is 14.4 Å². The molecule has 0 aromatic carbocycles. The molecule has 6 nitrogen and oxygen atoms in total. The Labute approximate surface area is 439 Å². The van der Waals surface area contributed by atoms with Crippen molar-refractivity contribution in [1.82, 2.24) is 0 Å². The number of allylic oxidation sites excluding steroid dienone is 14. The maximum Gasteiger partial charge on any atom is 0.306 e. The predicted molar refractivity (Wildman–Crippen MR) is 307 cm³/mol. The molecule has 0 N–H and O–H groups in total. The van der Waals surface area contributed by atoms with Gasteiger partial charge in [-0.25, -0.2) is 0 Å². The fraction of sp³-hybridized carbons (Fsp3) is 0.738. The predicted octanol–water partition coefficient (Wildman–Crippen LogP) is 20.3. The Hall–Kier alpha value is -3.41. The van der Waals surface area contributed by atoms with Crippen LogP contribution in [0.2, 0.25) is 0 Å². The molecule has 1 atom stereocenters. The molecule has 0 fully saturated rings. The maximum absolute atomic E-state index is 12.9. The van der Waals surface area contributed by atoms with E-state index in [1.54, 1.807) is 0 Å². The zero-order valence-corrected chi connectivity index (χ0v) is 46.7. The molecule has 0 aliphatic carbocycles. The highest BCUT2D eigenvalue weighted by Crippen LogP contribution is 2.16. The first-order valence-corrected chi connectivity index (χ1v) is 30.1. The van der Waals surface area contributed by atoms with Crippen molar-refractivity contribution in [3.8, 4) is 0 Å². The van der Waals surface area contributed by atoms with E-state index in [2.05, 4.69) is 106 Å². The monoisotopic (exact) mass is 989 g/mol. The molecular weight excluding hydrogens is 877 g/mol. The number of hydrogen-bond acceptors (Lipinski definition) is 6. The average Bonchev–Trinajstić information content (AvgIpc) is 3.37. The van der Waals surface area contributed by atoms with E-state index in [0.717, 1.165) is 122 Å². The van der Waals surface area contributed by atoms with E-state index in [0.29, 0.717) is 19.3 Å². The fourth-order valence-electron chi connectivity index (χ4n) is 8.35. The smallest absolute Gasteiger partial charge is 0.306 e. The van der Waals surface area contributed by atoms with Crippen LogP contribution in [0.1, 0.15) is 290 Å². The Morgan fingerprint density at radius 1 is 0.296 bits per heavy atom. The number of hydrogen-bond donors (Lipinski definition) is 0. The van der Waals surface area contributed by atoms with E-state index in [4.69, 9.17) is 14.2 Å². The number of rotatable bonds is 54. The summed E-state index contributed by atoms with van der Waals surface area (Å²) in [7, 11) is 0. The highest BCUT2D eigenvalue weighted by molar-refractivity contribution is 5.71. The molecule has 0 rings (SSSR count). The van der Waals surface area contributed by atoms with Crippen LogP contribution in [-0.4, -0.2) is 37.2 Å². The number of unbranched alkanes of at least 4 members (excludes halogenated alkanes) is 29. The third-order valence-electron chi connectivity index (χ3n) is 12.8. The summed E-state index contributed by atoms with van der Waals surface area (Å²) in [6, 6.07) is 0. The second-order valence-corrected chi connectivity index (χ2v) is 19.9. The Morgan fingerprint density at radius 3 is 0.915 bits per heavy atom. The Bertz CT molecular complexity index is 1370. The molecule has 0 bridgehead atoms. The minimum absolute atomic E-state index is 0.0858. The summed E-state index contributed by atoms with van der Waals surface area (Å²) in [6.45, 7) is 6.45. The second-order valence-electron chi connectivity index (χ2n) is 19.9. The van der Waals surface area contributed by atoms with E-state index in [1.165, 1.54) is 128 Å². The van der Waals surface area contributed by atoms with Gasteiger partial charge in [0, 0.05) is 19.3 Å². The summed E-state index contributed by atoms with van der Waals surface area (Å²) < 4.78 is 16.9. The summed E-state index contributed by atoms with van der Waals surface area (Å²) in [6.07, 6.45) is 77.2. The SMILES string of the molecule is CC/C=C\C/C=C\C/C=C\CCCCCCCCCC(=O)OC(COC(=O)CCCCCCC/C=C\C/C=C\CCC)COC(=O)CCCCCCCCCCCCC/C=C\C/C=C\CCCCCCC. The van der Waals surface area contributed by atoms with Crippen molar-refractivity contribution in [3.05, 3.63) is 85.1 Å². The van der Waals surface area contributed by atoms with Crippen LogP contribution in [0.25, 0.3) is 0 Å². The summed E-state index contributed by atoms with van der Waals surface area (Å²) in [5.74, 6) is -0.905. The van der Waals surface area contributed by atoms with Gasteiger partial charge in [-0.1, -0.05) is 247 Å². The maximum atomic E-state index is 12.9. The fourth-order valence-corrected chi connectivity index (χ4v) is 8.35. The zero-order valence-electron chi connectivity index (χ0n) is 46.7. The topological polar surface area (TPSA) is 78.9 Å². The van der Waals surface area contributed by atoms with E-state index >= 15 is 0 Å². The van der Waals surface area contributed by atoms with Crippen LogP contribution in [0.3, 0.4) is 0 Å². The molecule has 0 saturated heterocycles. The van der Waals surface area contributed by atoms with Crippen molar-refractivity contribution in [1.29, 1.82) is 0 Å². The lowest BCUT2D eigenvalue weighted by molar-refractivity contribution is -0.167.